The van der Waals surface area contributed by atoms with Crippen molar-refractivity contribution >= 4 is 45.2 Å². The molecule has 1 aromatic carbocycles. The van der Waals surface area contributed by atoms with Crippen LogP contribution in [0.4, 0.5) is 0 Å². The van der Waals surface area contributed by atoms with Crippen molar-refractivity contribution in [1.82, 2.24) is 5.32 Å². The molecule has 0 aliphatic heterocycles. The fraction of sp³-hybridized carbons (Fsp3) is 0.417. The smallest absolute Gasteiger partial charge is 0.252 e. The molecule has 0 bridgehead atoms. The maximum atomic E-state index is 11.8. The van der Waals surface area contributed by atoms with Gasteiger partial charge in [-0.3, -0.25) is 4.79 Å². The first-order chi connectivity index (χ1) is 8.65. The van der Waals surface area contributed by atoms with Gasteiger partial charge in [-0.1, -0.05) is 27.5 Å². The lowest BCUT2D eigenvalue weighted by Crippen LogP contribution is -2.26. The molecule has 0 aliphatic carbocycles. The monoisotopic (exact) mass is 351 g/mol. The van der Waals surface area contributed by atoms with Crippen LogP contribution in [0, 0.1) is 0 Å². The number of carbonyl (C=O) groups is 1. The fourth-order valence-corrected chi connectivity index (χ4v) is 2.62. The van der Waals surface area contributed by atoms with Crippen molar-refractivity contribution in [2.75, 3.05) is 24.7 Å². The van der Waals surface area contributed by atoms with Crippen LogP contribution in [-0.4, -0.2) is 35.7 Å². The van der Waals surface area contributed by atoms with E-state index < -0.39 is 0 Å². The summed E-state index contributed by atoms with van der Waals surface area (Å²) in [5.74, 6) is 1.57. The molecule has 3 nitrogen and oxygen atoms in total. The lowest BCUT2D eigenvalue weighted by Gasteiger charge is -2.07. The molecule has 1 amide bonds. The predicted octanol–water partition coefficient (Wildman–Crippen LogP) is 2.95. The molecule has 1 rings (SSSR count). The topological polar surface area (TPSA) is 49.3 Å². The second-order valence-electron chi connectivity index (χ2n) is 3.57. The van der Waals surface area contributed by atoms with E-state index in [9.17, 15) is 4.79 Å². The Hall–Kier alpha value is -0.230. The van der Waals surface area contributed by atoms with Gasteiger partial charge in [-0.25, -0.2) is 0 Å². The Morgan fingerprint density at radius 3 is 2.94 bits per heavy atom. The van der Waals surface area contributed by atoms with Crippen molar-refractivity contribution in [2.45, 2.75) is 6.42 Å². The highest BCUT2D eigenvalue weighted by molar-refractivity contribution is 9.10. The van der Waals surface area contributed by atoms with Crippen molar-refractivity contribution in [1.29, 1.82) is 0 Å². The number of nitrogens with one attached hydrogen (secondary N) is 1. The van der Waals surface area contributed by atoms with Gasteiger partial charge in [0.2, 0.25) is 0 Å². The molecule has 0 saturated heterocycles. The molecule has 6 heteroatoms. The molecule has 100 valence electrons. The normalized spacial score (nSPS) is 10.4. The van der Waals surface area contributed by atoms with Crippen LogP contribution >= 0.6 is 39.3 Å². The van der Waals surface area contributed by atoms with Gasteiger partial charge in [0.1, 0.15) is 0 Å². The minimum atomic E-state index is -0.163. The molecule has 0 heterocycles. The number of benzene rings is 1. The molecule has 0 unspecified atom stereocenters. The summed E-state index contributed by atoms with van der Waals surface area (Å²) in [5, 5.41) is 11.9. The maximum Gasteiger partial charge on any atom is 0.252 e. The van der Waals surface area contributed by atoms with Gasteiger partial charge in [0.15, 0.2) is 0 Å². The van der Waals surface area contributed by atoms with E-state index in [1.165, 1.54) is 0 Å². The number of thioether (sulfide) groups is 1. The van der Waals surface area contributed by atoms with E-state index in [-0.39, 0.29) is 12.5 Å². The molecule has 0 fully saturated rings. The van der Waals surface area contributed by atoms with Crippen LogP contribution in [0.5, 0.6) is 0 Å². The second-order valence-corrected chi connectivity index (χ2v) is 6.12. The van der Waals surface area contributed by atoms with Crippen LogP contribution in [0.3, 0.4) is 0 Å². The van der Waals surface area contributed by atoms with Crippen molar-refractivity contribution in [3.8, 4) is 0 Å². The van der Waals surface area contributed by atoms with E-state index in [2.05, 4.69) is 21.2 Å². The lowest BCUT2D eigenvalue weighted by molar-refractivity contribution is 0.0956. The predicted molar refractivity (Wildman–Crippen MR) is 80.5 cm³/mol. The summed E-state index contributed by atoms with van der Waals surface area (Å²) in [6.07, 6.45) is 0.788. The highest BCUT2D eigenvalue weighted by Crippen LogP contribution is 2.20. The average molecular weight is 353 g/mol. The van der Waals surface area contributed by atoms with E-state index in [0.29, 0.717) is 17.1 Å². The van der Waals surface area contributed by atoms with Crippen LogP contribution in [-0.2, 0) is 0 Å². The van der Waals surface area contributed by atoms with Gasteiger partial charge < -0.3 is 10.4 Å². The molecule has 18 heavy (non-hydrogen) atoms. The molecule has 0 atom stereocenters. The molecular formula is C12H15BrClNO2S. The van der Waals surface area contributed by atoms with Crippen molar-refractivity contribution in [2.24, 2.45) is 0 Å². The zero-order valence-corrected chi connectivity index (χ0v) is 12.9. The summed E-state index contributed by atoms with van der Waals surface area (Å²) >= 11 is 11.0. The van der Waals surface area contributed by atoms with Crippen molar-refractivity contribution in [3.63, 3.8) is 0 Å². The van der Waals surface area contributed by atoms with E-state index in [0.717, 1.165) is 22.4 Å². The molecule has 0 radical (unpaired) electrons. The number of amides is 1. The highest BCUT2D eigenvalue weighted by Gasteiger charge is 2.09. The molecule has 0 aromatic heterocycles. The third-order valence-corrected chi connectivity index (χ3v) is 4.04. The Balaban J connectivity index is 2.34. The largest absolute Gasteiger partial charge is 0.396 e. The van der Waals surface area contributed by atoms with Crippen LogP contribution in [0.25, 0.3) is 0 Å². The Labute approximate surface area is 124 Å². The Morgan fingerprint density at radius 2 is 2.22 bits per heavy atom. The number of hydrogen-bond acceptors (Lipinski definition) is 3. The Kier molecular flexibility index (Phi) is 7.74. The zero-order chi connectivity index (χ0) is 13.4. The first-order valence-corrected chi connectivity index (χ1v) is 7.89. The quantitative estimate of drug-likeness (QED) is 0.742. The summed E-state index contributed by atoms with van der Waals surface area (Å²) in [4.78, 5) is 11.8. The molecule has 0 spiro atoms. The third-order valence-electron chi connectivity index (χ3n) is 2.15. The SMILES string of the molecule is O=C(NCCSCCCO)c1cc(Br)ccc1Cl. The van der Waals surface area contributed by atoms with Gasteiger partial charge in [-0.15, -0.1) is 0 Å². The minimum Gasteiger partial charge on any atom is -0.396 e. The molecule has 2 N–H and O–H groups in total. The van der Waals surface area contributed by atoms with Gasteiger partial charge in [0.05, 0.1) is 10.6 Å². The van der Waals surface area contributed by atoms with Gasteiger partial charge in [0.25, 0.3) is 5.91 Å². The van der Waals surface area contributed by atoms with Crippen LogP contribution in [0.2, 0.25) is 5.02 Å². The fourth-order valence-electron chi connectivity index (χ4n) is 1.27. The first kappa shape index (κ1) is 15.8. The number of halogens is 2. The van der Waals surface area contributed by atoms with Crippen LogP contribution < -0.4 is 5.32 Å². The first-order valence-electron chi connectivity index (χ1n) is 5.57. The number of rotatable bonds is 7. The van der Waals surface area contributed by atoms with Crippen molar-refractivity contribution in [3.05, 3.63) is 33.3 Å². The molecular weight excluding hydrogens is 338 g/mol. The molecule has 1 aromatic rings. The highest BCUT2D eigenvalue weighted by atomic mass is 79.9. The van der Waals surface area contributed by atoms with E-state index >= 15 is 0 Å². The maximum absolute atomic E-state index is 11.8. The van der Waals surface area contributed by atoms with Gasteiger partial charge in [0, 0.05) is 23.4 Å². The summed E-state index contributed by atoms with van der Waals surface area (Å²) in [6.45, 7) is 0.810. The summed E-state index contributed by atoms with van der Waals surface area (Å²) in [6, 6.07) is 5.19. The standard InChI is InChI=1S/C12H15BrClNO2S/c13-9-2-3-11(14)10(8-9)12(17)15-4-7-18-6-1-5-16/h2-3,8,16H,1,4-7H2,(H,15,17). The summed E-state index contributed by atoms with van der Waals surface area (Å²) in [5.41, 5.74) is 0.478. The third kappa shape index (κ3) is 5.61. The van der Waals surface area contributed by atoms with Gasteiger partial charge >= 0.3 is 0 Å². The zero-order valence-electron chi connectivity index (χ0n) is 9.79. The van der Waals surface area contributed by atoms with Crippen molar-refractivity contribution < 1.29 is 9.90 Å². The Bertz CT molecular complexity index is 404. The van der Waals surface area contributed by atoms with E-state index in [1.54, 1.807) is 30.0 Å². The number of carbonyl (C=O) groups excluding carboxylic acids is 1. The average Bonchev–Trinajstić information content (AvgIpc) is 2.36. The number of aliphatic hydroxyl groups is 1. The summed E-state index contributed by atoms with van der Waals surface area (Å²) < 4.78 is 0.828. The number of hydrogen-bond donors (Lipinski definition) is 2. The molecule has 0 aliphatic rings. The van der Waals surface area contributed by atoms with E-state index in [4.69, 9.17) is 16.7 Å². The van der Waals surface area contributed by atoms with Gasteiger partial charge in [-0.2, -0.15) is 11.8 Å². The van der Waals surface area contributed by atoms with Gasteiger partial charge in [-0.05, 0) is 30.4 Å². The second kappa shape index (κ2) is 8.80. The minimum absolute atomic E-state index is 0.163. The van der Waals surface area contributed by atoms with E-state index in [1.807, 2.05) is 0 Å². The Morgan fingerprint density at radius 1 is 1.44 bits per heavy atom. The van der Waals surface area contributed by atoms with Crippen LogP contribution in [0.1, 0.15) is 16.8 Å². The number of aliphatic hydroxyl groups excluding tert-OH is 1. The van der Waals surface area contributed by atoms with Crippen LogP contribution in [0.15, 0.2) is 22.7 Å². The summed E-state index contributed by atoms with van der Waals surface area (Å²) in [7, 11) is 0. The molecule has 0 saturated carbocycles. The lowest BCUT2D eigenvalue weighted by atomic mass is 10.2.